The maximum atomic E-state index is 12.7. The normalized spacial score (nSPS) is 15.0. The maximum absolute atomic E-state index is 12.7. The van der Waals surface area contributed by atoms with Crippen LogP contribution in [0.15, 0.2) is 23.1 Å². The number of hydrogen-bond acceptors (Lipinski definition) is 7. The highest BCUT2D eigenvalue weighted by Gasteiger charge is 2.38. The van der Waals surface area contributed by atoms with Gasteiger partial charge in [-0.15, -0.1) is 0 Å². The summed E-state index contributed by atoms with van der Waals surface area (Å²) in [4.78, 5) is 29.7. The van der Waals surface area contributed by atoms with Crippen molar-refractivity contribution in [3.05, 3.63) is 41.4 Å². The molecule has 0 bridgehead atoms. The maximum Gasteiger partial charge on any atom is 0.255 e. The number of aryl methyl sites for hydroxylation is 2. The van der Waals surface area contributed by atoms with Crippen LogP contribution in [0.2, 0.25) is 0 Å². The number of carbonyl (C=O) groups excluding carboxylic acids is 1. The molecular formula is C18H20N6O2. The van der Waals surface area contributed by atoms with Gasteiger partial charge in [0.15, 0.2) is 0 Å². The van der Waals surface area contributed by atoms with E-state index in [1.807, 2.05) is 6.92 Å². The summed E-state index contributed by atoms with van der Waals surface area (Å²) < 4.78 is 5.52. The predicted molar refractivity (Wildman–Crippen MR) is 95.7 cm³/mol. The van der Waals surface area contributed by atoms with Crippen molar-refractivity contribution in [2.75, 3.05) is 5.32 Å². The summed E-state index contributed by atoms with van der Waals surface area (Å²) in [6.07, 6.45) is 6.97. The van der Waals surface area contributed by atoms with Crippen LogP contribution in [0.25, 0.3) is 11.1 Å². The second-order valence-electron chi connectivity index (χ2n) is 6.96. The zero-order valence-electron chi connectivity index (χ0n) is 15.0. The van der Waals surface area contributed by atoms with Crippen LogP contribution >= 0.6 is 0 Å². The zero-order chi connectivity index (χ0) is 18.3. The number of amides is 1. The first-order valence-electron chi connectivity index (χ1n) is 8.53. The van der Waals surface area contributed by atoms with E-state index in [4.69, 9.17) is 4.42 Å². The van der Waals surface area contributed by atoms with Gasteiger partial charge in [0.1, 0.15) is 23.7 Å². The smallest absolute Gasteiger partial charge is 0.255 e. The summed E-state index contributed by atoms with van der Waals surface area (Å²) in [6, 6.07) is 0. The standard InChI is InChI=1S/C18H20N6O2/c1-10-19-6-12(7-20-10)8-21-16(25)13-9-26-17-14(13)15(22-11(2)23-17)24-18(3)4-5-18/h6-7,9H,4-5,8H2,1-3H3,(H,21,25)(H,22,23,24). The first kappa shape index (κ1) is 16.4. The minimum Gasteiger partial charge on any atom is -0.445 e. The van der Waals surface area contributed by atoms with E-state index in [-0.39, 0.29) is 11.4 Å². The van der Waals surface area contributed by atoms with E-state index in [1.165, 1.54) is 6.26 Å². The number of fused-ring (bicyclic) bond motifs is 1. The van der Waals surface area contributed by atoms with Gasteiger partial charge >= 0.3 is 0 Å². The Morgan fingerprint density at radius 1 is 1.19 bits per heavy atom. The lowest BCUT2D eigenvalue weighted by atomic mass is 10.2. The molecule has 1 aliphatic rings. The molecule has 1 fully saturated rings. The Bertz CT molecular complexity index is 975. The lowest BCUT2D eigenvalue weighted by Crippen LogP contribution is -2.23. The Morgan fingerprint density at radius 3 is 2.62 bits per heavy atom. The molecule has 8 heteroatoms. The van der Waals surface area contributed by atoms with Crippen molar-refractivity contribution in [1.82, 2.24) is 25.3 Å². The fourth-order valence-corrected chi connectivity index (χ4v) is 2.69. The quantitative estimate of drug-likeness (QED) is 0.727. The van der Waals surface area contributed by atoms with Gasteiger partial charge in [0, 0.05) is 30.0 Å². The summed E-state index contributed by atoms with van der Waals surface area (Å²) >= 11 is 0. The van der Waals surface area contributed by atoms with Gasteiger partial charge < -0.3 is 15.1 Å². The SMILES string of the molecule is Cc1ncc(CNC(=O)c2coc3nc(C)nc(NC4(C)CC4)c23)cn1. The number of aromatic nitrogens is 4. The minimum atomic E-state index is -0.249. The van der Waals surface area contributed by atoms with Crippen molar-refractivity contribution in [3.63, 3.8) is 0 Å². The first-order chi connectivity index (χ1) is 12.4. The van der Waals surface area contributed by atoms with E-state index in [0.717, 1.165) is 18.4 Å². The lowest BCUT2D eigenvalue weighted by Gasteiger charge is -2.14. The van der Waals surface area contributed by atoms with Crippen molar-refractivity contribution in [2.45, 2.75) is 45.7 Å². The Kier molecular flexibility index (Phi) is 3.82. The lowest BCUT2D eigenvalue weighted by molar-refractivity contribution is 0.0951. The van der Waals surface area contributed by atoms with E-state index in [0.29, 0.717) is 40.7 Å². The van der Waals surface area contributed by atoms with Crippen LogP contribution in [-0.2, 0) is 6.54 Å². The molecule has 134 valence electrons. The van der Waals surface area contributed by atoms with Gasteiger partial charge in [-0.25, -0.2) is 15.0 Å². The highest BCUT2D eigenvalue weighted by atomic mass is 16.3. The van der Waals surface area contributed by atoms with Crippen LogP contribution in [0.1, 0.15) is 47.3 Å². The van der Waals surface area contributed by atoms with Gasteiger partial charge in [0.25, 0.3) is 5.91 Å². The molecule has 4 rings (SSSR count). The summed E-state index contributed by atoms with van der Waals surface area (Å²) in [5, 5.41) is 6.91. The van der Waals surface area contributed by atoms with E-state index < -0.39 is 0 Å². The van der Waals surface area contributed by atoms with E-state index in [1.54, 1.807) is 19.3 Å². The van der Waals surface area contributed by atoms with Crippen LogP contribution < -0.4 is 10.6 Å². The molecule has 0 aliphatic heterocycles. The molecule has 1 saturated carbocycles. The molecule has 8 nitrogen and oxygen atoms in total. The van der Waals surface area contributed by atoms with E-state index >= 15 is 0 Å². The summed E-state index contributed by atoms with van der Waals surface area (Å²) in [7, 11) is 0. The molecule has 26 heavy (non-hydrogen) atoms. The van der Waals surface area contributed by atoms with Gasteiger partial charge in [-0.3, -0.25) is 4.79 Å². The van der Waals surface area contributed by atoms with Gasteiger partial charge in [0.2, 0.25) is 5.71 Å². The molecule has 0 aromatic carbocycles. The monoisotopic (exact) mass is 352 g/mol. The molecule has 0 unspecified atom stereocenters. The second kappa shape index (κ2) is 6.05. The number of rotatable bonds is 5. The zero-order valence-corrected chi connectivity index (χ0v) is 15.0. The van der Waals surface area contributed by atoms with Crippen LogP contribution in [-0.4, -0.2) is 31.4 Å². The molecule has 0 saturated heterocycles. The average Bonchev–Trinajstić information content (AvgIpc) is 3.16. The third-order valence-corrected chi connectivity index (χ3v) is 4.50. The number of carbonyl (C=O) groups is 1. The van der Waals surface area contributed by atoms with Crippen LogP contribution in [0.4, 0.5) is 5.82 Å². The molecule has 0 atom stereocenters. The van der Waals surface area contributed by atoms with Crippen molar-refractivity contribution in [3.8, 4) is 0 Å². The minimum absolute atomic E-state index is 0.0258. The van der Waals surface area contributed by atoms with Gasteiger partial charge in [-0.05, 0) is 33.6 Å². The largest absolute Gasteiger partial charge is 0.445 e. The van der Waals surface area contributed by atoms with Crippen LogP contribution in [0, 0.1) is 13.8 Å². The molecule has 3 aromatic heterocycles. The number of hydrogen-bond donors (Lipinski definition) is 2. The fourth-order valence-electron chi connectivity index (χ4n) is 2.69. The van der Waals surface area contributed by atoms with Crippen molar-refractivity contribution in [2.24, 2.45) is 0 Å². The molecule has 1 aliphatic carbocycles. The van der Waals surface area contributed by atoms with Crippen LogP contribution in [0.3, 0.4) is 0 Å². The predicted octanol–water partition coefficient (Wildman–Crippen LogP) is 2.52. The molecular weight excluding hydrogens is 332 g/mol. The van der Waals surface area contributed by atoms with Crippen molar-refractivity contribution < 1.29 is 9.21 Å². The van der Waals surface area contributed by atoms with E-state index in [2.05, 4.69) is 37.5 Å². The third kappa shape index (κ3) is 3.22. The summed E-state index contributed by atoms with van der Waals surface area (Å²) in [5.74, 6) is 1.69. The van der Waals surface area contributed by atoms with Gasteiger partial charge in [-0.1, -0.05) is 0 Å². The number of nitrogens with zero attached hydrogens (tertiary/aromatic N) is 4. The topological polar surface area (TPSA) is 106 Å². The molecule has 0 radical (unpaired) electrons. The van der Waals surface area contributed by atoms with Crippen molar-refractivity contribution in [1.29, 1.82) is 0 Å². The highest BCUT2D eigenvalue weighted by Crippen LogP contribution is 2.39. The Hall–Kier alpha value is -3.03. The summed E-state index contributed by atoms with van der Waals surface area (Å²) in [5.41, 5.74) is 1.68. The molecule has 0 spiro atoms. The van der Waals surface area contributed by atoms with E-state index in [9.17, 15) is 4.79 Å². The average molecular weight is 352 g/mol. The Balaban J connectivity index is 1.61. The number of anilines is 1. The van der Waals surface area contributed by atoms with Gasteiger partial charge in [0.05, 0.1) is 10.9 Å². The first-order valence-corrected chi connectivity index (χ1v) is 8.53. The highest BCUT2D eigenvalue weighted by molar-refractivity contribution is 6.08. The Morgan fingerprint density at radius 2 is 1.92 bits per heavy atom. The Labute approximate surface area is 150 Å². The van der Waals surface area contributed by atoms with Gasteiger partial charge in [-0.2, -0.15) is 4.98 Å². The second-order valence-corrected chi connectivity index (χ2v) is 6.96. The molecule has 2 N–H and O–H groups in total. The molecule has 3 heterocycles. The summed E-state index contributed by atoms with van der Waals surface area (Å²) in [6.45, 7) is 6.09. The number of furan rings is 1. The molecule has 1 amide bonds. The van der Waals surface area contributed by atoms with Crippen LogP contribution in [0.5, 0.6) is 0 Å². The third-order valence-electron chi connectivity index (χ3n) is 4.50. The van der Waals surface area contributed by atoms with Crippen molar-refractivity contribution >= 4 is 22.8 Å². The fraction of sp³-hybridized carbons (Fsp3) is 0.389. The molecule has 3 aromatic rings. The number of nitrogens with one attached hydrogen (secondary N) is 2.